The Labute approximate surface area is 178 Å². The number of amides is 1. The molecule has 1 saturated carbocycles. The lowest BCUT2D eigenvalue weighted by atomic mass is 9.99. The Hall–Kier alpha value is -2.91. The molecule has 0 radical (unpaired) electrons. The van der Waals surface area contributed by atoms with Gasteiger partial charge in [-0.3, -0.25) is 4.79 Å². The number of carbonyl (C=O) groups is 1. The van der Waals surface area contributed by atoms with Crippen LogP contribution in [0.25, 0.3) is 11.2 Å². The van der Waals surface area contributed by atoms with E-state index in [-0.39, 0.29) is 11.9 Å². The van der Waals surface area contributed by atoms with Gasteiger partial charge in [0.15, 0.2) is 11.5 Å². The number of halogens is 1. The predicted molar refractivity (Wildman–Crippen MR) is 115 cm³/mol. The minimum atomic E-state index is -0.897. The van der Waals surface area contributed by atoms with Gasteiger partial charge in [-0.15, -0.1) is 0 Å². The van der Waals surface area contributed by atoms with E-state index in [0.29, 0.717) is 48.1 Å². The normalized spacial score (nSPS) is 21.3. The number of hydrogen-bond acceptors (Lipinski definition) is 7. The lowest BCUT2D eigenvalue weighted by Gasteiger charge is -2.26. The van der Waals surface area contributed by atoms with Gasteiger partial charge in [-0.1, -0.05) is 17.7 Å². The molecule has 2 aliphatic rings. The summed E-state index contributed by atoms with van der Waals surface area (Å²) in [5.41, 5.74) is 14.6. The molecule has 156 valence electrons. The van der Waals surface area contributed by atoms with Crippen LogP contribution in [0.2, 0.25) is 5.02 Å². The fraction of sp³-hybridized carbons (Fsp3) is 0.400. The lowest BCUT2D eigenvalue weighted by molar-refractivity contribution is -0.125. The SMILES string of the molecule is Nc1ncnc2c1ncn2Cc1c(Cl)cccc1N1CCC(N)(C(=O)NC2CC2)C1. The molecule has 1 aromatic carbocycles. The number of benzene rings is 1. The minimum Gasteiger partial charge on any atom is -0.382 e. The van der Waals surface area contributed by atoms with E-state index in [2.05, 4.69) is 25.2 Å². The summed E-state index contributed by atoms with van der Waals surface area (Å²) in [5, 5.41) is 3.67. The molecule has 3 aromatic rings. The van der Waals surface area contributed by atoms with Crippen LogP contribution >= 0.6 is 11.6 Å². The van der Waals surface area contributed by atoms with Crippen LogP contribution in [0, 0.1) is 0 Å². The van der Waals surface area contributed by atoms with E-state index in [9.17, 15) is 4.79 Å². The smallest absolute Gasteiger partial charge is 0.242 e. The first-order valence-electron chi connectivity index (χ1n) is 9.98. The van der Waals surface area contributed by atoms with Crippen molar-refractivity contribution in [2.75, 3.05) is 23.7 Å². The molecule has 5 rings (SSSR count). The predicted octanol–water partition coefficient (Wildman–Crippen LogP) is 1.30. The standard InChI is InChI=1S/C20H23ClN8O/c21-14-2-1-3-15(28-7-6-20(23,9-28)19(30)27-12-4-5-12)13(14)8-29-11-26-16-17(22)24-10-25-18(16)29/h1-3,10-12H,4-9,23H2,(H,27,30)(H2,22,24,25). The van der Waals surface area contributed by atoms with Gasteiger partial charge in [0.1, 0.15) is 17.4 Å². The molecule has 2 fully saturated rings. The van der Waals surface area contributed by atoms with E-state index < -0.39 is 5.54 Å². The molecule has 1 saturated heterocycles. The zero-order chi connectivity index (χ0) is 20.9. The topological polar surface area (TPSA) is 128 Å². The molecule has 10 heteroatoms. The zero-order valence-corrected chi connectivity index (χ0v) is 17.1. The fourth-order valence-corrected chi connectivity index (χ4v) is 4.20. The van der Waals surface area contributed by atoms with Crippen molar-refractivity contribution in [3.05, 3.63) is 41.4 Å². The minimum absolute atomic E-state index is 0.0659. The van der Waals surface area contributed by atoms with Gasteiger partial charge >= 0.3 is 0 Å². The highest BCUT2D eigenvalue weighted by Gasteiger charge is 2.43. The van der Waals surface area contributed by atoms with Crippen molar-refractivity contribution < 1.29 is 4.79 Å². The Kier molecular flexibility index (Phi) is 4.52. The molecule has 1 amide bonds. The van der Waals surface area contributed by atoms with Crippen molar-refractivity contribution >= 4 is 40.2 Å². The molecule has 1 unspecified atom stereocenters. The summed E-state index contributed by atoms with van der Waals surface area (Å²) in [6.07, 6.45) is 5.78. The maximum Gasteiger partial charge on any atom is 0.242 e. The van der Waals surface area contributed by atoms with E-state index in [1.54, 1.807) is 6.33 Å². The molecule has 2 aromatic heterocycles. The maximum absolute atomic E-state index is 12.7. The number of nitrogens with zero attached hydrogens (tertiary/aromatic N) is 5. The van der Waals surface area contributed by atoms with Crippen LogP contribution in [0.15, 0.2) is 30.9 Å². The lowest BCUT2D eigenvalue weighted by Crippen LogP contribution is -2.56. The van der Waals surface area contributed by atoms with Gasteiger partial charge < -0.3 is 26.3 Å². The number of hydrogen-bond donors (Lipinski definition) is 3. The number of aromatic nitrogens is 4. The third kappa shape index (κ3) is 3.33. The van der Waals surface area contributed by atoms with Crippen LogP contribution < -0.4 is 21.7 Å². The largest absolute Gasteiger partial charge is 0.382 e. The van der Waals surface area contributed by atoms with Crippen molar-refractivity contribution in [2.45, 2.75) is 37.4 Å². The summed E-state index contributed by atoms with van der Waals surface area (Å²) in [4.78, 5) is 27.4. The number of imidazole rings is 1. The van der Waals surface area contributed by atoms with Gasteiger partial charge in [0, 0.05) is 35.4 Å². The Morgan fingerprint density at radius 2 is 2.13 bits per heavy atom. The number of nitrogen functional groups attached to an aromatic ring is 1. The Balaban J connectivity index is 1.44. The van der Waals surface area contributed by atoms with Gasteiger partial charge in [-0.05, 0) is 31.4 Å². The first kappa shape index (κ1) is 19.1. The Bertz CT molecular complexity index is 1130. The van der Waals surface area contributed by atoms with Crippen LogP contribution in [-0.2, 0) is 11.3 Å². The highest BCUT2D eigenvalue weighted by molar-refractivity contribution is 6.31. The molecule has 5 N–H and O–H groups in total. The molecule has 1 aliphatic carbocycles. The second-order valence-corrected chi connectivity index (χ2v) is 8.52. The highest BCUT2D eigenvalue weighted by atomic mass is 35.5. The maximum atomic E-state index is 12.7. The van der Waals surface area contributed by atoms with Gasteiger partial charge in [0.2, 0.25) is 5.91 Å². The number of nitrogens with two attached hydrogens (primary N) is 2. The van der Waals surface area contributed by atoms with Crippen molar-refractivity contribution in [2.24, 2.45) is 5.73 Å². The number of rotatable bonds is 5. The molecular formula is C20H23ClN8O. The number of fused-ring (bicyclic) bond motifs is 1. The van der Waals surface area contributed by atoms with Gasteiger partial charge in [-0.25, -0.2) is 15.0 Å². The van der Waals surface area contributed by atoms with E-state index in [1.165, 1.54) is 6.33 Å². The molecule has 0 bridgehead atoms. The van der Waals surface area contributed by atoms with Gasteiger partial charge in [-0.2, -0.15) is 0 Å². The van der Waals surface area contributed by atoms with Crippen molar-refractivity contribution in [1.82, 2.24) is 24.8 Å². The van der Waals surface area contributed by atoms with E-state index in [0.717, 1.165) is 24.1 Å². The molecule has 1 aliphatic heterocycles. The summed E-state index contributed by atoms with van der Waals surface area (Å²) < 4.78 is 1.89. The third-order valence-electron chi connectivity index (χ3n) is 5.86. The summed E-state index contributed by atoms with van der Waals surface area (Å²) in [6, 6.07) is 6.06. The second-order valence-electron chi connectivity index (χ2n) is 8.12. The van der Waals surface area contributed by atoms with Crippen molar-refractivity contribution in [1.29, 1.82) is 0 Å². The van der Waals surface area contributed by atoms with E-state index in [1.807, 2.05) is 22.8 Å². The van der Waals surface area contributed by atoms with E-state index in [4.69, 9.17) is 23.1 Å². The molecule has 1 atom stereocenters. The van der Waals surface area contributed by atoms with Crippen molar-refractivity contribution in [3.8, 4) is 0 Å². The molecule has 3 heterocycles. The van der Waals surface area contributed by atoms with E-state index >= 15 is 0 Å². The Morgan fingerprint density at radius 3 is 2.93 bits per heavy atom. The summed E-state index contributed by atoms with van der Waals surface area (Å²) in [6.45, 7) is 1.59. The molecule has 30 heavy (non-hydrogen) atoms. The second kappa shape index (κ2) is 7.10. The fourth-order valence-electron chi connectivity index (χ4n) is 3.97. The summed E-state index contributed by atoms with van der Waals surface area (Å²) in [5.74, 6) is 0.274. The van der Waals surface area contributed by atoms with Gasteiger partial charge in [0.05, 0.1) is 12.9 Å². The van der Waals surface area contributed by atoms with Crippen LogP contribution in [0.4, 0.5) is 11.5 Å². The average molecular weight is 427 g/mol. The summed E-state index contributed by atoms with van der Waals surface area (Å²) in [7, 11) is 0. The quantitative estimate of drug-likeness (QED) is 0.560. The first-order valence-corrected chi connectivity index (χ1v) is 10.4. The van der Waals surface area contributed by atoms with Crippen LogP contribution in [-0.4, -0.2) is 50.1 Å². The number of nitrogens with one attached hydrogen (secondary N) is 1. The highest BCUT2D eigenvalue weighted by Crippen LogP contribution is 2.34. The first-order chi connectivity index (χ1) is 14.4. The number of carbonyl (C=O) groups excluding carboxylic acids is 1. The summed E-state index contributed by atoms with van der Waals surface area (Å²) >= 11 is 6.59. The van der Waals surface area contributed by atoms with Crippen LogP contribution in [0.3, 0.4) is 0 Å². The monoisotopic (exact) mass is 426 g/mol. The van der Waals surface area contributed by atoms with Crippen molar-refractivity contribution in [3.63, 3.8) is 0 Å². The van der Waals surface area contributed by atoms with Crippen LogP contribution in [0.1, 0.15) is 24.8 Å². The third-order valence-corrected chi connectivity index (χ3v) is 6.21. The average Bonchev–Trinajstić information content (AvgIpc) is 3.29. The zero-order valence-electron chi connectivity index (χ0n) is 16.4. The Morgan fingerprint density at radius 1 is 1.30 bits per heavy atom. The number of anilines is 2. The van der Waals surface area contributed by atoms with Crippen LogP contribution in [0.5, 0.6) is 0 Å². The molecule has 9 nitrogen and oxygen atoms in total. The molecule has 0 spiro atoms. The molecular weight excluding hydrogens is 404 g/mol. The van der Waals surface area contributed by atoms with Gasteiger partial charge in [0.25, 0.3) is 0 Å².